The zero-order chi connectivity index (χ0) is 13.2. The molecule has 0 radical (unpaired) electrons. The van der Waals surface area contributed by atoms with E-state index in [0.29, 0.717) is 6.54 Å². The van der Waals surface area contributed by atoms with Gasteiger partial charge in [-0.3, -0.25) is 4.90 Å². The van der Waals surface area contributed by atoms with Crippen LogP contribution in [0.2, 0.25) is 0 Å². The minimum absolute atomic E-state index is 0.338. The lowest BCUT2D eigenvalue weighted by molar-refractivity contribution is -0.144. The molecule has 5 heteroatoms. The van der Waals surface area contributed by atoms with Crippen LogP contribution in [0.4, 0.5) is 18.9 Å². The largest absolute Gasteiger partial charge is 0.401 e. The molecule has 0 amide bonds. The minimum atomic E-state index is -4.14. The minimum Gasteiger partial charge on any atom is -0.385 e. The number of anilines is 1. The Hall–Kier alpha value is -1.23. The molecule has 2 nitrogen and oxygen atoms in total. The van der Waals surface area contributed by atoms with Gasteiger partial charge < -0.3 is 5.32 Å². The molecule has 1 aliphatic heterocycles. The summed E-state index contributed by atoms with van der Waals surface area (Å²) in [5.74, 6) is 0. The number of rotatable bonds is 3. The summed E-state index contributed by atoms with van der Waals surface area (Å²) in [5, 5.41) is 3.28. The Labute approximate surface area is 105 Å². The highest BCUT2D eigenvalue weighted by Gasteiger charge is 2.29. The van der Waals surface area contributed by atoms with Gasteiger partial charge in [0.15, 0.2) is 0 Å². The van der Waals surface area contributed by atoms with Gasteiger partial charge >= 0.3 is 6.18 Å². The quantitative estimate of drug-likeness (QED) is 0.896. The van der Waals surface area contributed by atoms with Crippen LogP contribution in [0.1, 0.15) is 17.5 Å². The van der Waals surface area contributed by atoms with Crippen LogP contribution < -0.4 is 5.32 Å². The second-order valence-electron chi connectivity index (χ2n) is 4.76. The van der Waals surface area contributed by atoms with E-state index in [9.17, 15) is 13.2 Å². The molecular weight excluding hydrogens is 241 g/mol. The van der Waals surface area contributed by atoms with Crippen molar-refractivity contribution in [2.24, 2.45) is 0 Å². The molecule has 0 saturated heterocycles. The van der Waals surface area contributed by atoms with E-state index < -0.39 is 12.7 Å². The van der Waals surface area contributed by atoms with E-state index in [1.54, 1.807) is 0 Å². The highest BCUT2D eigenvalue weighted by Crippen LogP contribution is 2.26. The van der Waals surface area contributed by atoms with Crippen molar-refractivity contribution in [1.82, 2.24) is 4.90 Å². The van der Waals surface area contributed by atoms with Crippen molar-refractivity contribution in [2.45, 2.75) is 25.6 Å². The number of hydrogen-bond donors (Lipinski definition) is 1. The highest BCUT2D eigenvalue weighted by atomic mass is 19.4. The molecule has 0 saturated carbocycles. The van der Waals surface area contributed by atoms with Crippen LogP contribution in [0.3, 0.4) is 0 Å². The number of nitrogens with one attached hydrogen (secondary N) is 1. The van der Waals surface area contributed by atoms with E-state index in [2.05, 4.69) is 5.32 Å². The maximum Gasteiger partial charge on any atom is 0.401 e. The zero-order valence-corrected chi connectivity index (χ0v) is 10.3. The molecule has 0 aromatic heterocycles. The first-order valence-electron chi connectivity index (χ1n) is 6.05. The number of benzene rings is 1. The van der Waals surface area contributed by atoms with E-state index in [1.165, 1.54) is 11.9 Å². The van der Waals surface area contributed by atoms with Crippen molar-refractivity contribution in [3.8, 4) is 0 Å². The lowest BCUT2D eigenvalue weighted by atomic mass is 9.97. The van der Waals surface area contributed by atoms with Gasteiger partial charge in [0.05, 0.1) is 6.54 Å². The van der Waals surface area contributed by atoms with Crippen molar-refractivity contribution in [3.05, 3.63) is 29.3 Å². The first-order valence-corrected chi connectivity index (χ1v) is 6.05. The van der Waals surface area contributed by atoms with E-state index in [1.807, 2.05) is 18.2 Å². The van der Waals surface area contributed by atoms with Crippen LogP contribution in [-0.4, -0.2) is 31.2 Å². The maximum absolute atomic E-state index is 12.3. The fourth-order valence-corrected chi connectivity index (χ4v) is 2.38. The van der Waals surface area contributed by atoms with Crippen LogP contribution in [0, 0.1) is 0 Å². The van der Waals surface area contributed by atoms with Crippen molar-refractivity contribution >= 4 is 5.69 Å². The van der Waals surface area contributed by atoms with Crippen molar-refractivity contribution in [3.63, 3.8) is 0 Å². The van der Waals surface area contributed by atoms with Gasteiger partial charge in [-0.2, -0.15) is 13.2 Å². The first-order chi connectivity index (χ1) is 8.46. The average molecular weight is 258 g/mol. The van der Waals surface area contributed by atoms with E-state index in [0.717, 1.165) is 36.2 Å². The molecule has 0 atom stereocenters. The number of fused-ring (bicyclic) bond motifs is 1. The predicted molar refractivity (Wildman–Crippen MR) is 65.6 cm³/mol. The fraction of sp³-hybridized carbons (Fsp3) is 0.538. The standard InChI is InChI=1S/C13H17F3N2/c1-18(9-13(14,15)16)8-10-4-2-6-12-11(10)5-3-7-17-12/h2,4,6,17H,3,5,7-9H2,1H3. The summed E-state index contributed by atoms with van der Waals surface area (Å²) in [6, 6.07) is 5.80. The number of nitrogens with zero attached hydrogens (tertiary/aromatic N) is 1. The van der Waals surface area contributed by atoms with Crippen LogP contribution in [0.25, 0.3) is 0 Å². The molecule has 0 spiro atoms. The summed E-state index contributed by atoms with van der Waals surface area (Å²) in [6.07, 6.45) is -2.16. The third kappa shape index (κ3) is 3.38. The molecule has 1 aromatic rings. The Morgan fingerprint density at radius 3 is 2.83 bits per heavy atom. The molecule has 1 aromatic carbocycles. The zero-order valence-electron chi connectivity index (χ0n) is 10.3. The second kappa shape index (κ2) is 5.18. The Morgan fingerprint density at radius 2 is 2.11 bits per heavy atom. The summed E-state index contributed by atoms with van der Waals surface area (Å²) in [7, 11) is 1.50. The normalized spacial score (nSPS) is 15.4. The molecule has 1 heterocycles. The van der Waals surface area contributed by atoms with Gasteiger partial charge in [0.1, 0.15) is 0 Å². The summed E-state index contributed by atoms with van der Waals surface area (Å²) < 4.78 is 36.9. The smallest absolute Gasteiger partial charge is 0.385 e. The van der Waals surface area contributed by atoms with Crippen LogP contribution in [0.15, 0.2) is 18.2 Å². The Balaban J connectivity index is 2.09. The Morgan fingerprint density at radius 1 is 1.33 bits per heavy atom. The lowest BCUT2D eigenvalue weighted by Crippen LogP contribution is -2.31. The van der Waals surface area contributed by atoms with E-state index >= 15 is 0 Å². The molecule has 1 aliphatic rings. The summed E-state index contributed by atoms with van der Waals surface area (Å²) in [6.45, 7) is 0.406. The molecule has 1 N–H and O–H groups in total. The lowest BCUT2D eigenvalue weighted by Gasteiger charge is -2.24. The fourth-order valence-electron chi connectivity index (χ4n) is 2.38. The van der Waals surface area contributed by atoms with Gasteiger partial charge in [0, 0.05) is 18.8 Å². The number of halogens is 3. The molecule has 100 valence electrons. The van der Waals surface area contributed by atoms with Crippen molar-refractivity contribution < 1.29 is 13.2 Å². The Kier molecular flexibility index (Phi) is 3.80. The summed E-state index contributed by atoms with van der Waals surface area (Å²) in [5.41, 5.74) is 3.23. The third-order valence-corrected chi connectivity index (χ3v) is 3.08. The second-order valence-corrected chi connectivity index (χ2v) is 4.76. The Bertz CT molecular complexity index is 415. The molecular formula is C13H17F3N2. The topological polar surface area (TPSA) is 15.3 Å². The van der Waals surface area contributed by atoms with Gasteiger partial charge in [-0.15, -0.1) is 0 Å². The van der Waals surface area contributed by atoms with E-state index in [-0.39, 0.29) is 0 Å². The molecule has 0 unspecified atom stereocenters. The highest BCUT2D eigenvalue weighted by molar-refractivity contribution is 5.56. The van der Waals surface area contributed by atoms with Crippen molar-refractivity contribution in [1.29, 1.82) is 0 Å². The molecule has 0 bridgehead atoms. The van der Waals surface area contributed by atoms with Gasteiger partial charge in [0.2, 0.25) is 0 Å². The third-order valence-electron chi connectivity index (χ3n) is 3.08. The molecule has 2 rings (SSSR count). The average Bonchev–Trinajstić information content (AvgIpc) is 2.27. The summed E-state index contributed by atoms with van der Waals surface area (Å²) in [4.78, 5) is 1.31. The molecule has 0 aliphatic carbocycles. The monoisotopic (exact) mass is 258 g/mol. The van der Waals surface area contributed by atoms with Gasteiger partial charge in [0.25, 0.3) is 0 Å². The number of alkyl halides is 3. The van der Waals surface area contributed by atoms with Gasteiger partial charge in [-0.1, -0.05) is 12.1 Å². The number of hydrogen-bond acceptors (Lipinski definition) is 2. The molecule has 0 fully saturated rings. The van der Waals surface area contributed by atoms with Crippen LogP contribution in [-0.2, 0) is 13.0 Å². The van der Waals surface area contributed by atoms with Crippen molar-refractivity contribution in [2.75, 3.05) is 25.5 Å². The van der Waals surface area contributed by atoms with Crippen LogP contribution in [0.5, 0.6) is 0 Å². The molecule has 18 heavy (non-hydrogen) atoms. The maximum atomic E-state index is 12.3. The SMILES string of the molecule is CN(Cc1cccc2c1CCCN2)CC(F)(F)F. The first kappa shape index (κ1) is 13.2. The van der Waals surface area contributed by atoms with Gasteiger partial charge in [-0.05, 0) is 37.1 Å². The summed E-state index contributed by atoms with van der Waals surface area (Å²) >= 11 is 0. The van der Waals surface area contributed by atoms with Crippen LogP contribution >= 0.6 is 0 Å². The van der Waals surface area contributed by atoms with E-state index in [4.69, 9.17) is 0 Å². The van der Waals surface area contributed by atoms with Gasteiger partial charge in [-0.25, -0.2) is 0 Å². The predicted octanol–water partition coefficient (Wildman–Crippen LogP) is 3.04.